The number of nitrogens with zero attached hydrogens (tertiary/aromatic N) is 1. The second-order valence-electron chi connectivity index (χ2n) is 5.00. The van der Waals surface area contributed by atoms with E-state index in [0.29, 0.717) is 5.88 Å². The minimum absolute atomic E-state index is 0. The Bertz CT molecular complexity index is 741. The number of aryl methyl sites for hydroxylation is 1. The average Bonchev–Trinajstić information content (AvgIpc) is 2.48. The predicted molar refractivity (Wildman–Crippen MR) is 89.5 cm³/mol. The number of rotatable bonds is 3. The first-order valence-corrected chi connectivity index (χ1v) is 6.74. The van der Waals surface area contributed by atoms with Crippen LogP contribution in [0.2, 0.25) is 0 Å². The third-order valence-electron chi connectivity index (χ3n) is 3.52. The Morgan fingerprint density at radius 2 is 1.71 bits per heavy atom. The minimum Gasteiger partial charge on any atom is -0.481 e. The molecule has 0 radical (unpaired) electrons. The summed E-state index contributed by atoms with van der Waals surface area (Å²) in [6, 6.07) is 18.9. The van der Waals surface area contributed by atoms with Crippen molar-refractivity contribution in [3.63, 3.8) is 0 Å². The average molecular weight is 300 g/mol. The van der Waals surface area contributed by atoms with E-state index in [9.17, 15) is 0 Å². The first-order chi connectivity index (χ1) is 9.76. The number of fused-ring (bicyclic) bond motifs is 1. The second-order valence-corrected chi connectivity index (χ2v) is 5.00. The van der Waals surface area contributed by atoms with Gasteiger partial charge in [0.25, 0.3) is 0 Å². The number of pyridine rings is 1. The van der Waals surface area contributed by atoms with Crippen LogP contribution in [0.3, 0.4) is 0 Å². The van der Waals surface area contributed by atoms with Crippen LogP contribution in [0.1, 0.15) is 16.7 Å². The van der Waals surface area contributed by atoms with Crippen LogP contribution in [0.15, 0.2) is 54.6 Å². The Morgan fingerprint density at radius 3 is 2.43 bits per heavy atom. The van der Waals surface area contributed by atoms with Gasteiger partial charge in [-0.3, -0.25) is 0 Å². The van der Waals surface area contributed by atoms with Crippen LogP contribution in [0.25, 0.3) is 10.9 Å². The summed E-state index contributed by atoms with van der Waals surface area (Å²) in [7, 11) is 1.65. The van der Waals surface area contributed by atoms with Crippen LogP contribution < -0.4 is 4.74 Å². The van der Waals surface area contributed by atoms with E-state index in [1.165, 1.54) is 22.1 Å². The molecule has 0 saturated heterocycles. The lowest BCUT2D eigenvalue weighted by molar-refractivity contribution is 0.399. The van der Waals surface area contributed by atoms with Gasteiger partial charge in [0.1, 0.15) is 0 Å². The van der Waals surface area contributed by atoms with Gasteiger partial charge in [-0.2, -0.15) is 0 Å². The number of hydrogen-bond acceptors (Lipinski definition) is 2. The molecule has 0 aliphatic heterocycles. The highest BCUT2D eigenvalue weighted by atomic mass is 35.5. The third kappa shape index (κ3) is 3.34. The molecule has 0 aliphatic rings. The predicted octanol–water partition coefficient (Wildman–Crippen LogP) is 4.56. The lowest BCUT2D eigenvalue weighted by atomic mass is 10.0. The zero-order valence-electron chi connectivity index (χ0n) is 12.2. The van der Waals surface area contributed by atoms with Crippen LogP contribution in [0.4, 0.5) is 0 Å². The van der Waals surface area contributed by atoms with E-state index in [4.69, 9.17) is 4.74 Å². The Morgan fingerprint density at radius 1 is 0.952 bits per heavy atom. The molecule has 3 aromatic rings. The topological polar surface area (TPSA) is 22.1 Å². The number of hydrogen-bond donors (Lipinski definition) is 0. The van der Waals surface area contributed by atoms with Gasteiger partial charge in [-0.25, -0.2) is 4.98 Å². The van der Waals surface area contributed by atoms with Crippen LogP contribution in [0, 0.1) is 6.92 Å². The number of benzene rings is 2. The number of methoxy groups -OCH3 is 1. The standard InChI is InChI=1S/C18H17NO.ClH/c1-13-10-18(20-2)19-17-9-8-15(12-16(13)17)11-14-6-4-3-5-7-14;/h3-10,12H,11H2,1-2H3;1H. The molecule has 3 rings (SSSR count). The van der Waals surface area contributed by atoms with Crippen LogP contribution in [-0.4, -0.2) is 12.1 Å². The van der Waals surface area contributed by atoms with Gasteiger partial charge in [-0.05, 0) is 42.2 Å². The van der Waals surface area contributed by atoms with E-state index < -0.39 is 0 Å². The molecule has 0 amide bonds. The second kappa shape index (κ2) is 6.59. The van der Waals surface area contributed by atoms with E-state index in [1.807, 2.05) is 12.1 Å². The summed E-state index contributed by atoms with van der Waals surface area (Å²) in [5.74, 6) is 0.672. The van der Waals surface area contributed by atoms with Crippen LogP contribution in [-0.2, 0) is 6.42 Å². The third-order valence-corrected chi connectivity index (χ3v) is 3.52. The van der Waals surface area contributed by atoms with E-state index in [-0.39, 0.29) is 12.4 Å². The zero-order chi connectivity index (χ0) is 13.9. The van der Waals surface area contributed by atoms with Crippen molar-refractivity contribution < 1.29 is 4.74 Å². The van der Waals surface area contributed by atoms with E-state index in [1.54, 1.807) is 7.11 Å². The Labute approximate surface area is 131 Å². The highest BCUT2D eigenvalue weighted by Gasteiger charge is 2.04. The van der Waals surface area contributed by atoms with E-state index in [2.05, 4.69) is 54.4 Å². The molecule has 0 aliphatic carbocycles. The fourth-order valence-corrected chi connectivity index (χ4v) is 2.46. The number of ether oxygens (including phenoxy) is 1. The molecule has 0 unspecified atom stereocenters. The fourth-order valence-electron chi connectivity index (χ4n) is 2.46. The Kier molecular flexibility index (Phi) is 4.81. The highest BCUT2D eigenvalue weighted by Crippen LogP contribution is 2.23. The molecule has 108 valence electrons. The van der Waals surface area contributed by atoms with Crippen molar-refractivity contribution in [2.75, 3.05) is 7.11 Å². The molecule has 0 spiro atoms. The van der Waals surface area contributed by atoms with E-state index in [0.717, 1.165) is 11.9 Å². The van der Waals surface area contributed by atoms with Gasteiger partial charge >= 0.3 is 0 Å². The van der Waals surface area contributed by atoms with E-state index >= 15 is 0 Å². The number of aromatic nitrogens is 1. The summed E-state index contributed by atoms with van der Waals surface area (Å²) in [6.45, 7) is 2.10. The smallest absolute Gasteiger partial charge is 0.213 e. The molecule has 0 atom stereocenters. The van der Waals surface area contributed by atoms with Crippen molar-refractivity contribution >= 4 is 23.3 Å². The van der Waals surface area contributed by atoms with Crippen LogP contribution >= 0.6 is 12.4 Å². The normalized spacial score (nSPS) is 10.2. The largest absolute Gasteiger partial charge is 0.481 e. The number of halogens is 1. The molecule has 3 heteroatoms. The van der Waals surface area contributed by atoms with Gasteiger partial charge in [-0.15, -0.1) is 12.4 Å². The molecule has 1 aromatic heterocycles. The van der Waals surface area contributed by atoms with Crippen molar-refractivity contribution in [1.29, 1.82) is 0 Å². The molecule has 21 heavy (non-hydrogen) atoms. The van der Waals surface area contributed by atoms with Crippen molar-refractivity contribution in [1.82, 2.24) is 4.98 Å². The van der Waals surface area contributed by atoms with Crippen molar-refractivity contribution in [3.8, 4) is 5.88 Å². The molecule has 0 bridgehead atoms. The SMILES string of the molecule is COc1cc(C)c2cc(Cc3ccccc3)ccc2n1.Cl. The molecule has 2 nitrogen and oxygen atoms in total. The molecular formula is C18H18ClNO. The Balaban J connectivity index is 0.00000161. The minimum atomic E-state index is 0. The molecule has 0 N–H and O–H groups in total. The first-order valence-electron chi connectivity index (χ1n) is 6.74. The zero-order valence-corrected chi connectivity index (χ0v) is 13.0. The summed E-state index contributed by atoms with van der Waals surface area (Å²) < 4.78 is 5.22. The van der Waals surface area contributed by atoms with Crippen LogP contribution in [0.5, 0.6) is 5.88 Å². The summed E-state index contributed by atoms with van der Waals surface area (Å²) in [6.07, 6.45) is 0.947. The highest BCUT2D eigenvalue weighted by molar-refractivity contribution is 5.85. The lowest BCUT2D eigenvalue weighted by Crippen LogP contribution is -1.93. The molecule has 2 aromatic carbocycles. The quantitative estimate of drug-likeness (QED) is 0.707. The molecular weight excluding hydrogens is 282 g/mol. The summed E-state index contributed by atoms with van der Waals surface area (Å²) in [5.41, 5.74) is 4.81. The van der Waals surface area contributed by atoms with Gasteiger partial charge in [0.05, 0.1) is 12.6 Å². The summed E-state index contributed by atoms with van der Waals surface area (Å²) in [4.78, 5) is 4.48. The maximum absolute atomic E-state index is 5.22. The monoisotopic (exact) mass is 299 g/mol. The first kappa shape index (κ1) is 15.3. The van der Waals surface area contributed by atoms with Gasteiger partial charge in [-0.1, -0.05) is 36.4 Å². The van der Waals surface area contributed by atoms with Gasteiger partial charge in [0, 0.05) is 11.5 Å². The fraction of sp³-hybridized carbons (Fsp3) is 0.167. The summed E-state index contributed by atoms with van der Waals surface area (Å²) >= 11 is 0. The van der Waals surface area contributed by atoms with Gasteiger partial charge < -0.3 is 4.74 Å². The molecule has 0 saturated carbocycles. The van der Waals surface area contributed by atoms with Crippen molar-refractivity contribution in [2.45, 2.75) is 13.3 Å². The van der Waals surface area contributed by atoms with Gasteiger partial charge in [0.2, 0.25) is 5.88 Å². The molecule has 0 fully saturated rings. The maximum Gasteiger partial charge on any atom is 0.213 e. The Hall–Kier alpha value is -2.06. The maximum atomic E-state index is 5.22. The van der Waals surface area contributed by atoms with Crippen molar-refractivity contribution in [2.24, 2.45) is 0 Å². The summed E-state index contributed by atoms with van der Waals surface area (Å²) in [5, 5.41) is 1.19. The van der Waals surface area contributed by atoms with Crippen molar-refractivity contribution in [3.05, 3.63) is 71.3 Å². The van der Waals surface area contributed by atoms with Gasteiger partial charge in [0.15, 0.2) is 0 Å². The lowest BCUT2D eigenvalue weighted by Gasteiger charge is -2.08. The molecule has 1 heterocycles.